The lowest BCUT2D eigenvalue weighted by atomic mass is 9.90. The number of rotatable bonds is 3. The van der Waals surface area contributed by atoms with Crippen LogP contribution in [0.5, 0.6) is 11.5 Å². The molecule has 0 spiro atoms. The molecule has 0 bridgehead atoms. The molecule has 5 rings (SSSR count). The largest absolute Gasteiger partial charge is 0.497 e. The molecule has 0 N–H and O–H groups in total. The molecular weight excluding hydrogens is 320 g/mol. The summed E-state index contributed by atoms with van der Waals surface area (Å²) in [5.41, 5.74) is 2.28. The molecule has 0 aliphatic heterocycles. The first-order chi connectivity index (χ1) is 12.8. The van der Waals surface area contributed by atoms with Gasteiger partial charge in [0, 0.05) is 6.07 Å². The summed E-state index contributed by atoms with van der Waals surface area (Å²) in [6, 6.07) is 25.8. The minimum absolute atomic E-state index is 0.796. The highest BCUT2D eigenvalue weighted by atomic mass is 16.5. The van der Waals surface area contributed by atoms with Crippen LogP contribution in [0, 0.1) is 0 Å². The van der Waals surface area contributed by atoms with Gasteiger partial charge in [-0.1, -0.05) is 54.6 Å². The highest BCUT2D eigenvalue weighted by molar-refractivity contribution is 6.25. The highest BCUT2D eigenvalue weighted by Gasteiger charge is 2.13. The molecule has 0 aliphatic carbocycles. The number of methoxy groups -OCH3 is 2. The van der Waals surface area contributed by atoms with Crippen LogP contribution in [0.15, 0.2) is 72.8 Å². The van der Waals surface area contributed by atoms with Gasteiger partial charge in [-0.05, 0) is 55.6 Å². The van der Waals surface area contributed by atoms with Gasteiger partial charge >= 0.3 is 0 Å². The molecule has 0 saturated heterocycles. The van der Waals surface area contributed by atoms with Crippen LogP contribution in [0.25, 0.3) is 43.4 Å². The number of hydrogen-bond acceptors (Lipinski definition) is 2. The lowest BCUT2D eigenvalue weighted by molar-refractivity contribution is 0.394. The van der Waals surface area contributed by atoms with Crippen LogP contribution in [0.4, 0.5) is 0 Å². The summed E-state index contributed by atoms with van der Waals surface area (Å²) in [5.74, 6) is 1.59. The van der Waals surface area contributed by atoms with Gasteiger partial charge in [-0.25, -0.2) is 0 Å². The van der Waals surface area contributed by atoms with Crippen molar-refractivity contribution in [2.24, 2.45) is 0 Å². The SMILES string of the molecule is COc1cc(OC)cc(-c2ccc3ccc4cccc5ccc2c3c45)c1. The van der Waals surface area contributed by atoms with E-state index in [4.69, 9.17) is 9.47 Å². The second-order valence-electron chi connectivity index (χ2n) is 6.57. The molecule has 5 aromatic rings. The zero-order valence-electron chi connectivity index (χ0n) is 14.7. The summed E-state index contributed by atoms with van der Waals surface area (Å²) < 4.78 is 10.9. The quantitative estimate of drug-likeness (QED) is 0.361. The molecule has 0 radical (unpaired) electrons. The summed E-state index contributed by atoms with van der Waals surface area (Å²) in [7, 11) is 3.37. The third-order valence-electron chi connectivity index (χ3n) is 5.19. The molecule has 0 amide bonds. The molecule has 0 aliphatic rings. The fourth-order valence-corrected chi connectivity index (χ4v) is 3.95. The van der Waals surface area contributed by atoms with Gasteiger partial charge < -0.3 is 9.47 Å². The molecule has 2 heteroatoms. The normalized spacial score (nSPS) is 11.5. The van der Waals surface area contributed by atoms with Crippen LogP contribution in [0.3, 0.4) is 0 Å². The van der Waals surface area contributed by atoms with E-state index in [1.54, 1.807) is 14.2 Å². The summed E-state index contributed by atoms with van der Waals surface area (Å²) in [6.45, 7) is 0. The van der Waals surface area contributed by atoms with Crippen LogP contribution in [-0.4, -0.2) is 14.2 Å². The maximum atomic E-state index is 5.46. The van der Waals surface area contributed by atoms with E-state index in [0.29, 0.717) is 0 Å². The van der Waals surface area contributed by atoms with Crippen molar-refractivity contribution in [1.29, 1.82) is 0 Å². The number of hydrogen-bond donors (Lipinski definition) is 0. The number of benzene rings is 5. The van der Waals surface area contributed by atoms with Gasteiger partial charge in [0.1, 0.15) is 11.5 Å². The Labute approximate surface area is 151 Å². The molecule has 5 aromatic carbocycles. The Bertz CT molecular complexity index is 1220. The third kappa shape index (κ3) is 2.12. The van der Waals surface area contributed by atoms with Crippen molar-refractivity contribution in [3.05, 3.63) is 72.8 Å². The Hall–Kier alpha value is -3.26. The summed E-state index contributed by atoms with van der Waals surface area (Å²) in [4.78, 5) is 0. The topological polar surface area (TPSA) is 18.5 Å². The summed E-state index contributed by atoms with van der Waals surface area (Å²) in [5, 5.41) is 7.73. The van der Waals surface area contributed by atoms with E-state index < -0.39 is 0 Å². The van der Waals surface area contributed by atoms with E-state index in [2.05, 4.69) is 66.7 Å². The maximum Gasteiger partial charge on any atom is 0.123 e. The fraction of sp³-hybridized carbons (Fsp3) is 0.0833. The van der Waals surface area contributed by atoms with Crippen molar-refractivity contribution < 1.29 is 9.47 Å². The van der Waals surface area contributed by atoms with Gasteiger partial charge in [-0.15, -0.1) is 0 Å². The van der Waals surface area contributed by atoms with Crippen molar-refractivity contribution in [2.75, 3.05) is 14.2 Å². The van der Waals surface area contributed by atoms with Crippen LogP contribution in [0.1, 0.15) is 0 Å². The van der Waals surface area contributed by atoms with Crippen molar-refractivity contribution >= 4 is 32.3 Å². The Morgan fingerprint density at radius 2 is 1.15 bits per heavy atom. The molecule has 126 valence electrons. The second-order valence-corrected chi connectivity index (χ2v) is 6.57. The van der Waals surface area contributed by atoms with E-state index in [1.165, 1.54) is 37.9 Å². The molecule has 0 heterocycles. The molecule has 0 fully saturated rings. The van der Waals surface area contributed by atoms with E-state index in [0.717, 1.165) is 17.1 Å². The Morgan fingerprint density at radius 3 is 1.81 bits per heavy atom. The first-order valence-corrected chi connectivity index (χ1v) is 8.68. The smallest absolute Gasteiger partial charge is 0.123 e. The van der Waals surface area contributed by atoms with Crippen LogP contribution in [0.2, 0.25) is 0 Å². The van der Waals surface area contributed by atoms with Crippen molar-refractivity contribution in [3.63, 3.8) is 0 Å². The lowest BCUT2D eigenvalue weighted by Gasteiger charge is -2.15. The van der Waals surface area contributed by atoms with Gasteiger partial charge in [-0.2, -0.15) is 0 Å². The Morgan fingerprint density at radius 1 is 0.577 bits per heavy atom. The molecule has 2 nitrogen and oxygen atoms in total. The van der Waals surface area contributed by atoms with E-state index in [-0.39, 0.29) is 0 Å². The van der Waals surface area contributed by atoms with Crippen molar-refractivity contribution in [1.82, 2.24) is 0 Å². The van der Waals surface area contributed by atoms with Gasteiger partial charge in [0.2, 0.25) is 0 Å². The monoisotopic (exact) mass is 338 g/mol. The van der Waals surface area contributed by atoms with Crippen LogP contribution >= 0.6 is 0 Å². The summed E-state index contributed by atoms with van der Waals surface area (Å²) >= 11 is 0. The molecule has 26 heavy (non-hydrogen) atoms. The predicted molar refractivity (Wildman–Crippen MR) is 109 cm³/mol. The van der Waals surface area contributed by atoms with Crippen molar-refractivity contribution in [2.45, 2.75) is 0 Å². The molecule has 0 unspecified atom stereocenters. The average molecular weight is 338 g/mol. The van der Waals surface area contributed by atoms with E-state index >= 15 is 0 Å². The minimum Gasteiger partial charge on any atom is -0.497 e. The maximum absolute atomic E-state index is 5.46. The zero-order chi connectivity index (χ0) is 17.7. The summed E-state index contributed by atoms with van der Waals surface area (Å²) in [6.07, 6.45) is 0. The van der Waals surface area contributed by atoms with Crippen molar-refractivity contribution in [3.8, 4) is 22.6 Å². The molecule has 0 aromatic heterocycles. The Balaban J connectivity index is 1.90. The van der Waals surface area contributed by atoms with Crippen LogP contribution < -0.4 is 9.47 Å². The van der Waals surface area contributed by atoms with Gasteiger partial charge in [-0.3, -0.25) is 0 Å². The average Bonchev–Trinajstić information content (AvgIpc) is 2.71. The number of ether oxygens (including phenoxy) is 2. The van der Waals surface area contributed by atoms with Gasteiger partial charge in [0.15, 0.2) is 0 Å². The second kappa shape index (κ2) is 5.63. The predicted octanol–water partition coefficient (Wildman–Crippen LogP) is 6.27. The Kier molecular flexibility index (Phi) is 3.26. The van der Waals surface area contributed by atoms with Gasteiger partial charge in [0.25, 0.3) is 0 Å². The highest BCUT2D eigenvalue weighted by Crippen LogP contribution is 2.40. The van der Waals surface area contributed by atoms with E-state index in [1.807, 2.05) is 6.07 Å². The zero-order valence-corrected chi connectivity index (χ0v) is 14.7. The van der Waals surface area contributed by atoms with Gasteiger partial charge in [0.05, 0.1) is 14.2 Å². The fourth-order valence-electron chi connectivity index (χ4n) is 3.95. The first-order valence-electron chi connectivity index (χ1n) is 8.68. The molecular formula is C24H18O2. The molecule has 0 saturated carbocycles. The van der Waals surface area contributed by atoms with E-state index in [9.17, 15) is 0 Å². The third-order valence-corrected chi connectivity index (χ3v) is 5.19. The lowest BCUT2D eigenvalue weighted by Crippen LogP contribution is -1.90. The minimum atomic E-state index is 0.796. The van der Waals surface area contributed by atoms with Crippen LogP contribution in [-0.2, 0) is 0 Å². The molecule has 0 atom stereocenters. The first kappa shape index (κ1) is 15.0. The standard InChI is InChI=1S/C24H18O2/c1-25-19-12-18(13-20(14-19)26-2)21-10-8-17-7-6-15-4-3-5-16-9-11-22(21)24(17)23(15)16/h3-14H,1-2H3.